The lowest BCUT2D eigenvalue weighted by Gasteiger charge is -2.39. The van der Waals surface area contributed by atoms with Crippen molar-refractivity contribution in [2.24, 2.45) is 0 Å². The maximum absolute atomic E-state index is 13.5. The lowest BCUT2D eigenvalue weighted by molar-refractivity contribution is 0.0683. The Balaban J connectivity index is 1.77. The third-order valence-corrected chi connectivity index (χ3v) is 5.54. The summed E-state index contributed by atoms with van der Waals surface area (Å²) in [4.78, 5) is 15.3. The molecule has 1 aliphatic rings. The van der Waals surface area contributed by atoms with E-state index < -0.39 is 6.17 Å². The number of carbonyl (C=O) groups is 1. The monoisotopic (exact) mass is 418 g/mol. The van der Waals surface area contributed by atoms with Crippen molar-refractivity contribution in [3.8, 4) is 17.2 Å². The van der Waals surface area contributed by atoms with Gasteiger partial charge >= 0.3 is 0 Å². The molecular weight excluding hydrogens is 392 g/mol. The molecule has 3 aromatic carbocycles. The molecule has 0 bridgehead atoms. The fourth-order valence-electron chi connectivity index (χ4n) is 4.00. The minimum absolute atomic E-state index is 0.0212. The topological polar surface area (TPSA) is 60.0 Å². The second kappa shape index (κ2) is 9.00. The van der Waals surface area contributed by atoms with Gasteiger partial charge in [-0.15, -0.1) is 0 Å². The summed E-state index contributed by atoms with van der Waals surface area (Å²) in [6, 6.07) is 21.5. The molecule has 0 fully saturated rings. The second-order valence-corrected chi connectivity index (χ2v) is 7.25. The van der Waals surface area contributed by atoms with E-state index in [0.29, 0.717) is 29.4 Å². The summed E-state index contributed by atoms with van der Waals surface area (Å²) in [6.45, 7) is 0.548. The van der Waals surface area contributed by atoms with Gasteiger partial charge in [-0.25, -0.2) is 0 Å². The third kappa shape index (κ3) is 3.89. The molecular formula is C25H26N2O4. The first-order chi connectivity index (χ1) is 15.2. The Morgan fingerprint density at radius 1 is 0.839 bits per heavy atom. The maximum atomic E-state index is 13.5. The number of nitrogens with zero attached hydrogens (tertiary/aromatic N) is 1. The summed E-state index contributed by atoms with van der Waals surface area (Å²) in [5.74, 6) is 1.59. The number of carbonyl (C=O) groups excluding carboxylic acids is 1. The minimum atomic E-state index is -0.416. The Kier molecular flexibility index (Phi) is 5.98. The highest BCUT2D eigenvalue weighted by molar-refractivity contribution is 6.01. The third-order valence-electron chi connectivity index (χ3n) is 5.54. The van der Waals surface area contributed by atoms with Gasteiger partial charge in [0.15, 0.2) is 11.5 Å². The van der Waals surface area contributed by atoms with E-state index in [0.717, 1.165) is 17.7 Å². The maximum Gasteiger partial charge on any atom is 0.257 e. The number of anilines is 1. The molecule has 1 heterocycles. The van der Waals surface area contributed by atoms with Gasteiger partial charge in [0.2, 0.25) is 5.75 Å². The Bertz CT molecular complexity index is 1070. The van der Waals surface area contributed by atoms with Crippen molar-refractivity contribution in [3.63, 3.8) is 0 Å². The molecule has 0 unspecified atom stereocenters. The summed E-state index contributed by atoms with van der Waals surface area (Å²) in [7, 11) is 4.75. The van der Waals surface area contributed by atoms with E-state index in [4.69, 9.17) is 14.2 Å². The first-order valence-electron chi connectivity index (χ1n) is 10.2. The van der Waals surface area contributed by atoms with Crippen molar-refractivity contribution < 1.29 is 19.0 Å². The Labute approximate surface area is 182 Å². The van der Waals surface area contributed by atoms with E-state index in [2.05, 4.69) is 17.4 Å². The van der Waals surface area contributed by atoms with Crippen LogP contribution in [0.4, 0.5) is 5.69 Å². The van der Waals surface area contributed by atoms with Crippen molar-refractivity contribution in [1.82, 2.24) is 4.90 Å². The molecule has 0 aromatic heterocycles. The quantitative estimate of drug-likeness (QED) is 0.611. The number of para-hydroxylation sites is 1. The van der Waals surface area contributed by atoms with Crippen molar-refractivity contribution in [2.45, 2.75) is 12.6 Å². The van der Waals surface area contributed by atoms with Crippen LogP contribution in [-0.2, 0) is 6.42 Å². The number of rotatable bonds is 7. The highest BCUT2D eigenvalue weighted by Crippen LogP contribution is 2.45. The number of ether oxygens (including phenoxy) is 3. The molecule has 160 valence electrons. The summed E-state index contributed by atoms with van der Waals surface area (Å²) < 4.78 is 16.7. The second-order valence-electron chi connectivity index (χ2n) is 7.25. The summed E-state index contributed by atoms with van der Waals surface area (Å²) >= 11 is 0. The van der Waals surface area contributed by atoms with Gasteiger partial charge in [0, 0.05) is 17.8 Å². The van der Waals surface area contributed by atoms with Crippen LogP contribution in [-0.4, -0.2) is 38.7 Å². The van der Waals surface area contributed by atoms with E-state index in [1.807, 2.05) is 59.5 Å². The van der Waals surface area contributed by atoms with E-state index in [-0.39, 0.29) is 5.91 Å². The van der Waals surface area contributed by atoms with Gasteiger partial charge in [0.05, 0.1) is 26.9 Å². The predicted molar refractivity (Wildman–Crippen MR) is 120 cm³/mol. The van der Waals surface area contributed by atoms with Crippen LogP contribution in [0.5, 0.6) is 17.2 Å². The SMILES string of the molecule is COc1ccc([C@H]2Nc3ccccc3C(=O)N2CCc2ccccc2)c(OC)c1OC. The van der Waals surface area contributed by atoms with Crippen LogP contribution < -0.4 is 19.5 Å². The first-order valence-corrected chi connectivity index (χ1v) is 10.2. The van der Waals surface area contributed by atoms with Crippen LogP contribution in [0.1, 0.15) is 27.7 Å². The molecule has 0 spiro atoms. The molecule has 0 radical (unpaired) electrons. The van der Waals surface area contributed by atoms with Gasteiger partial charge in [-0.05, 0) is 36.2 Å². The molecule has 1 amide bonds. The lowest BCUT2D eigenvalue weighted by Crippen LogP contribution is -2.44. The number of amides is 1. The van der Waals surface area contributed by atoms with Crippen LogP contribution in [0.15, 0.2) is 66.7 Å². The zero-order valence-electron chi connectivity index (χ0n) is 17.9. The fourth-order valence-corrected chi connectivity index (χ4v) is 4.00. The minimum Gasteiger partial charge on any atom is -0.493 e. The first kappa shape index (κ1) is 20.6. The molecule has 0 saturated heterocycles. The number of methoxy groups -OCH3 is 3. The van der Waals surface area contributed by atoms with Crippen molar-refractivity contribution in [2.75, 3.05) is 33.2 Å². The number of benzene rings is 3. The van der Waals surface area contributed by atoms with Crippen LogP contribution in [0.25, 0.3) is 0 Å². The summed E-state index contributed by atoms with van der Waals surface area (Å²) in [5.41, 5.74) is 3.43. The Hall–Kier alpha value is -3.67. The number of fused-ring (bicyclic) bond motifs is 1. The van der Waals surface area contributed by atoms with Gasteiger partial charge in [0.1, 0.15) is 6.17 Å². The lowest BCUT2D eigenvalue weighted by atomic mass is 10.0. The molecule has 6 nitrogen and oxygen atoms in total. The van der Waals surface area contributed by atoms with Gasteiger partial charge in [-0.3, -0.25) is 4.79 Å². The van der Waals surface area contributed by atoms with Crippen molar-refractivity contribution in [1.29, 1.82) is 0 Å². The molecule has 6 heteroatoms. The van der Waals surface area contributed by atoms with Crippen LogP contribution in [0.3, 0.4) is 0 Å². The number of hydrogen-bond donors (Lipinski definition) is 1. The number of nitrogens with one attached hydrogen (secondary N) is 1. The Morgan fingerprint density at radius 2 is 1.55 bits per heavy atom. The normalized spacial score (nSPS) is 15.1. The van der Waals surface area contributed by atoms with Gasteiger partial charge in [0.25, 0.3) is 5.91 Å². The molecule has 4 rings (SSSR count). The van der Waals surface area contributed by atoms with E-state index in [1.54, 1.807) is 21.3 Å². The van der Waals surface area contributed by atoms with E-state index >= 15 is 0 Å². The van der Waals surface area contributed by atoms with Gasteiger partial charge < -0.3 is 24.4 Å². The van der Waals surface area contributed by atoms with Gasteiger partial charge in [-0.2, -0.15) is 0 Å². The standard InChI is InChI=1S/C25H26N2O4/c1-29-21-14-13-19(22(30-2)23(21)31-3)24-26-20-12-8-7-11-18(20)25(28)27(24)16-15-17-9-5-4-6-10-17/h4-14,24,26H,15-16H2,1-3H3/t24-/m0/s1. The molecule has 3 aromatic rings. The molecule has 1 N–H and O–H groups in total. The average molecular weight is 418 g/mol. The van der Waals surface area contributed by atoms with E-state index in [9.17, 15) is 4.79 Å². The molecule has 31 heavy (non-hydrogen) atoms. The Morgan fingerprint density at radius 3 is 2.26 bits per heavy atom. The molecule has 1 atom stereocenters. The molecule has 0 saturated carbocycles. The fraction of sp³-hybridized carbons (Fsp3) is 0.240. The molecule has 1 aliphatic heterocycles. The van der Waals surface area contributed by atoms with Crippen LogP contribution in [0.2, 0.25) is 0 Å². The summed E-state index contributed by atoms with van der Waals surface area (Å²) in [5, 5.41) is 3.52. The van der Waals surface area contributed by atoms with Crippen molar-refractivity contribution in [3.05, 3.63) is 83.4 Å². The van der Waals surface area contributed by atoms with Crippen molar-refractivity contribution >= 4 is 11.6 Å². The van der Waals surface area contributed by atoms with Crippen LogP contribution >= 0.6 is 0 Å². The smallest absolute Gasteiger partial charge is 0.257 e. The largest absolute Gasteiger partial charge is 0.493 e. The summed E-state index contributed by atoms with van der Waals surface area (Å²) in [6.07, 6.45) is 0.323. The van der Waals surface area contributed by atoms with Crippen LogP contribution in [0, 0.1) is 0 Å². The van der Waals surface area contributed by atoms with Gasteiger partial charge in [-0.1, -0.05) is 42.5 Å². The highest BCUT2D eigenvalue weighted by Gasteiger charge is 2.35. The van der Waals surface area contributed by atoms with E-state index in [1.165, 1.54) is 5.56 Å². The zero-order valence-corrected chi connectivity index (χ0v) is 17.9. The predicted octanol–water partition coefficient (Wildman–Crippen LogP) is 4.52. The zero-order chi connectivity index (χ0) is 21.8. The number of hydrogen-bond acceptors (Lipinski definition) is 5. The molecule has 0 aliphatic carbocycles. The highest BCUT2D eigenvalue weighted by atomic mass is 16.5. The average Bonchev–Trinajstić information content (AvgIpc) is 2.83.